The second-order valence-corrected chi connectivity index (χ2v) is 7.07. The van der Waals surface area contributed by atoms with Crippen molar-refractivity contribution >= 4 is 10.8 Å². The van der Waals surface area contributed by atoms with Crippen molar-refractivity contribution in [1.29, 1.82) is 0 Å². The third kappa shape index (κ3) is 5.66. The highest BCUT2D eigenvalue weighted by Gasteiger charge is 2.19. The predicted molar refractivity (Wildman–Crippen MR) is 111 cm³/mol. The summed E-state index contributed by atoms with van der Waals surface area (Å²) in [5.41, 5.74) is 6.94. The first-order chi connectivity index (χ1) is 13.3. The second kappa shape index (κ2) is 10.6. The largest absolute Gasteiger partial charge is 0.491 e. The fourth-order valence-electron chi connectivity index (χ4n) is 3.68. The Balaban J connectivity index is 1.69. The minimum Gasteiger partial charge on any atom is -0.491 e. The molecule has 0 spiro atoms. The maximum absolute atomic E-state index is 6.09. The molecule has 0 bridgehead atoms. The number of ether oxygens (including phenoxy) is 2. The Morgan fingerprint density at radius 3 is 2.52 bits per heavy atom. The molecule has 1 aliphatic heterocycles. The maximum Gasteiger partial charge on any atom is 0.124 e. The van der Waals surface area contributed by atoms with Crippen molar-refractivity contribution in [3.8, 4) is 5.75 Å². The Morgan fingerprint density at radius 2 is 1.74 bits per heavy atom. The van der Waals surface area contributed by atoms with E-state index in [4.69, 9.17) is 15.2 Å². The molecular weight excluding hydrogens is 338 g/mol. The molecule has 0 aliphatic carbocycles. The zero-order valence-corrected chi connectivity index (χ0v) is 16.5. The average molecular weight is 372 g/mol. The molecule has 3 rings (SSSR count). The van der Waals surface area contributed by atoms with Gasteiger partial charge in [0.1, 0.15) is 12.4 Å². The SMILES string of the molecule is CCOCCOc1ccc2ccccc2c1CN1CCN(CCCN)CC1. The van der Waals surface area contributed by atoms with Gasteiger partial charge in [0.2, 0.25) is 0 Å². The number of nitrogens with zero attached hydrogens (tertiary/aromatic N) is 2. The van der Waals surface area contributed by atoms with Gasteiger partial charge in [-0.1, -0.05) is 30.3 Å². The smallest absolute Gasteiger partial charge is 0.124 e. The van der Waals surface area contributed by atoms with Gasteiger partial charge in [0.05, 0.1) is 6.61 Å². The first kappa shape index (κ1) is 20.1. The molecule has 1 fully saturated rings. The molecule has 2 aromatic carbocycles. The molecule has 5 nitrogen and oxygen atoms in total. The van der Waals surface area contributed by atoms with Crippen LogP contribution in [0.15, 0.2) is 36.4 Å². The van der Waals surface area contributed by atoms with Gasteiger partial charge in [-0.15, -0.1) is 0 Å². The third-order valence-corrected chi connectivity index (χ3v) is 5.21. The van der Waals surface area contributed by atoms with Crippen molar-refractivity contribution in [2.45, 2.75) is 19.9 Å². The molecule has 0 atom stereocenters. The van der Waals surface area contributed by atoms with Crippen LogP contribution in [0.3, 0.4) is 0 Å². The van der Waals surface area contributed by atoms with Crippen molar-refractivity contribution in [2.75, 3.05) is 59.1 Å². The molecule has 0 amide bonds. The summed E-state index contributed by atoms with van der Waals surface area (Å²) in [6.07, 6.45) is 1.08. The van der Waals surface area contributed by atoms with E-state index in [1.54, 1.807) is 0 Å². The highest BCUT2D eigenvalue weighted by molar-refractivity contribution is 5.87. The summed E-state index contributed by atoms with van der Waals surface area (Å²) in [5, 5.41) is 2.56. The topological polar surface area (TPSA) is 51.0 Å². The van der Waals surface area contributed by atoms with E-state index in [2.05, 4.69) is 46.2 Å². The number of benzene rings is 2. The second-order valence-electron chi connectivity index (χ2n) is 7.07. The molecule has 0 aromatic heterocycles. The Morgan fingerprint density at radius 1 is 0.963 bits per heavy atom. The first-order valence-electron chi connectivity index (χ1n) is 10.2. The zero-order valence-electron chi connectivity index (χ0n) is 16.5. The molecule has 2 N–H and O–H groups in total. The molecule has 0 saturated carbocycles. The molecular formula is C22H33N3O2. The van der Waals surface area contributed by atoms with E-state index in [1.807, 2.05) is 6.92 Å². The summed E-state index contributed by atoms with van der Waals surface area (Å²) in [5.74, 6) is 0.985. The van der Waals surface area contributed by atoms with Gasteiger partial charge in [0.25, 0.3) is 0 Å². The van der Waals surface area contributed by atoms with Gasteiger partial charge in [0.15, 0.2) is 0 Å². The molecule has 5 heteroatoms. The molecule has 2 aromatic rings. The van der Waals surface area contributed by atoms with Gasteiger partial charge in [-0.05, 0) is 43.3 Å². The van der Waals surface area contributed by atoms with Gasteiger partial charge in [-0.25, -0.2) is 0 Å². The molecule has 27 heavy (non-hydrogen) atoms. The van der Waals surface area contributed by atoms with Crippen molar-refractivity contribution in [3.63, 3.8) is 0 Å². The number of nitrogens with two attached hydrogens (primary N) is 1. The standard InChI is InChI=1S/C22H33N3O2/c1-2-26-16-17-27-22-9-8-19-6-3-4-7-20(19)21(22)18-25-14-12-24(13-15-25)11-5-10-23/h3-4,6-9H,2,5,10-18,23H2,1H3. The lowest BCUT2D eigenvalue weighted by molar-refractivity contribution is 0.107. The van der Waals surface area contributed by atoms with Gasteiger partial charge in [-0.2, -0.15) is 0 Å². The lowest BCUT2D eigenvalue weighted by atomic mass is 10.0. The number of piperazine rings is 1. The highest BCUT2D eigenvalue weighted by Crippen LogP contribution is 2.29. The molecule has 1 heterocycles. The lowest BCUT2D eigenvalue weighted by Gasteiger charge is -2.35. The number of fused-ring (bicyclic) bond motifs is 1. The maximum atomic E-state index is 6.09. The van der Waals surface area contributed by atoms with E-state index >= 15 is 0 Å². The van der Waals surface area contributed by atoms with E-state index in [0.29, 0.717) is 13.2 Å². The monoisotopic (exact) mass is 371 g/mol. The van der Waals surface area contributed by atoms with Gasteiger partial charge in [-0.3, -0.25) is 4.90 Å². The number of hydrogen-bond acceptors (Lipinski definition) is 5. The van der Waals surface area contributed by atoms with Crippen LogP contribution >= 0.6 is 0 Å². The van der Waals surface area contributed by atoms with Crippen LogP contribution < -0.4 is 10.5 Å². The summed E-state index contributed by atoms with van der Waals surface area (Å²) in [7, 11) is 0. The minimum absolute atomic E-state index is 0.589. The normalized spacial score (nSPS) is 16.1. The predicted octanol–water partition coefficient (Wildman–Crippen LogP) is 2.72. The van der Waals surface area contributed by atoms with Crippen molar-refractivity contribution in [1.82, 2.24) is 9.80 Å². The van der Waals surface area contributed by atoms with Crippen LogP contribution in [-0.2, 0) is 11.3 Å². The van der Waals surface area contributed by atoms with Crippen molar-refractivity contribution in [3.05, 3.63) is 42.0 Å². The molecule has 0 unspecified atom stereocenters. The lowest BCUT2D eigenvalue weighted by Crippen LogP contribution is -2.46. The fraction of sp³-hybridized carbons (Fsp3) is 0.545. The summed E-state index contributed by atoms with van der Waals surface area (Å²) in [6, 6.07) is 12.9. The van der Waals surface area contributed by atoms with E-state index < -0.39 is 0 Å². The van der Waals surface area contributed by atoms with E-state index in [1.165, 1.54) is 16.3 Å². The van der Waals surface area contributed by atoms with Crippen LogP contribution in [0.25, 0.3) is 10.8 Å². The van der Waals surface area contributed by atoms with Crippen molar-refractivity contribution < 1.29 is 9.47 Å². The number of hydrogen-bond donors (Lipinski definition) is 1. The summed E-state index contributed by atoms with van der Waals surface area (Å²) in [4.78, 5) is 5.06. The fourth-order valence-corrected chi connectivity index (χ4v) is 3.68. The van der Waals surface area contributed by atoms with Crippen LogP contribution in [0.2, 0.25) is 0 Å². The Bertz CT molecular complexity index is 699. The Kier molecular flexibility index (Phi) is 7.90. The van der Waals surface area contributed by atoms with E-state index in [-0.39, 0.29) is 0 Å². The van der Waals surface area contributed by atoms with Gasteiger partial charge >= 0.3 is 0 Å². The van der Waals surface area contributed by atoms with E-state index in [9.17, 15) is 0 Å². The van der Waals surface area contributed by atoms with Crippen LogP contribution in [0, 0.1) is 0 Å². The van der Waals surface area contributed by atoms with Crippen LogP contribution in [0.5, 0.6) is 5.75 Å². The van der Waals surface area contributed by atoms with Gasteiger partial charge < -0.3 is 20.1 Å². The minimum atomic E-state index is 0.589. The highest BCUT2D eigenvalue weighted by atomic mass is 16.5. The Labute approximate surface area is 163 Å². The van der Waals surface area contributed by atoms with Crippen LogP contribution in [0.4, 0.5) is 0 Å². The number of rotatable bonds is 10. The quantitative estimate of drug-likeness (QED) is 0.651. The molecule has 148 valence electrons. The molecule has 1 aliphatic rings. The summed E-state index contributed by atoms with van der Waals surface area (Å²) in [6.45, 7) is 11.2. The first-order valence-corrected chi connectivity index (χ1v) is 10.2. The van der Waals surface area contributed by atoms with Crippen LogP contribution in [-0.4, -0.2) is 68.9 Å². The summed E-state index contributed by atoms with van der Waals surface area (Å²) >= 11 is 0. The van der Waals surface area contributed by atoms with Crippen molar-refractivity contribution in [2.24, 2.45) is 5.73 Å². The zero-order chi connectivity index (χ0) is 18.9. The van der Waals surface area contributed by atoms with Gasteiger partial charge in [0, 0.05) is 44.9 Å². The summed E-state index contributed by atoms with van der Waals surface area (Å²) < 4.78 is 11.5. The third-order valence-electron chi connectivity index (χ3n) is 5.21. The van der Waals surface area contributed by atoms with Crippen LogP contribution in [0.1, 0.15) is 18.9 Å². The molecule has 0 radical (unpaired) electrons. The Hall–Kier alpha value is -1.66. The van der Waals surface area contributed by atoms with E-state index in [0.717, 1.165) is 64.6 Å². The average Bonchev–Trinajstić information content (AvgIpc) is 2.72. The molecule has 1 saturated heterocycles.